The molecular formula is C7H7NO2. The van der Waals surface area contributed by atoms with Gasteiger partial charge in [0.1, 0.15) is 0 Å². The molecule has 1 N–H and O–H groups in total. The molecule has 1 aromatic heterocycles. The summed E-state index contributed by atoms with van der Waals surface area (Å²) in [5, 5.41) is 9.14. The average Bonchev–Trinajstić information content (AvgIpc) is 2.36. The van der Waals surface area contributed by atoms with Gasteiger partial charge < -0.3 is 9.84 Å². The van der Waals surface area contributed by atoms with Gasteiger partial charge in [-0.05, 0) is 0 Å². The number of fused-ring (bicyclic) bond motifs is 1. The van der Waals surface area contributed by atoms with E-state index in [0.717, 1.165) is 12.0 Å². The van der Waals surface area contributed by atoms with E-state index in [1.807, 2.05) is 0 Å². The summed E-state index contributed by atoms with van der Waals surface area (Å²) in [6, 6.07) is 0. The standard InChI is InChI=1S/C7H7NO2/c9-6-4-8-3-5-1-2-10-7(5)6/h3-4,9H,1-2H2. The molecule has 0 amide bonds. The van der Waals surface area contributed by atoms with E-state index in [-0.39, 0.29) is 5.75 Å². The Hall–Kier alpha value is -1.25. The maximum atomic E-state index is 9.14. The number of hydrogen-bond acceptors (Lipinski definition) is 3. The van der Waals surface area contributed by atoms with Crippen molar-refractivity contribution in [1.29, 1.82) is 0 Å². The fourth-order valence-corrected chi connectivity index (χ4v) is 1.09. The topological polar surface area (TPSA) is 42.4 Å². The lowest BCUT2D eigenvalue weighted by Gasteiger charge is -1.98. The highest BCUT2D eigenvalue weighted by atomic mass is 16.5. The number of rotatable bonds is 0. The first-order valence-corrected chi connectivity index (χ1v) is 3.16. The number of pyridine rings is 1. The van der Waals surface area contributed by atoms with Crippen LogP contribution in [0.2, 0.25) is 0 Å². The van der Waals surface area contributed by atoms with Crippen LogP contribution in [0.25, 0.3) is 0 Å². The van der Waals surface area contributed by atoms with Crippen LogP contribution in [-0.4, -0.2) is 16.7 Å². The Labute approximate surface area is 58.3 Å². The maximum absolute atomic E-state index is 9.14. The second kappa shape index (κ2) is 1.87. The Bertz CT molecular complexity index is 260. The van der Waals surface area contributed by atoms with E-state index >= 15 is 0 Å². The molecule has 1 aromatic rings. The van der Waals surface area contributed by atoms with Crippen molar-refractivity contribution < 1.29 is 9.84 Å². The second-order valence-electron chi connectivity index (χ2n) is 2.25. The van der Waals surface area contributed by atoms with Gasteiger partial charge in [0.25, 0.3) is 0 Å². The molecule has 0 saturated heterocycles. The van der Waals surface area contributed by atoms with Crippen molar-refractivity contribution in [2.75, 3.05) is 6.61 Å². The largest absolute Gasteiger partial charge is 0.503 e. The third-order valence-electron chi connectivity index (χ3n) is 1.57. The van der Waals surface area contributed by atoms with Crippen LogP contribution in [0.15, 0.2) is 12.4 Å². The van der Waals surface area contributed by atoms with Crippen molar-refractivity contribution in [2.45, 2.75) is 6.42 Å². The minimum Gasteiger partial charge on any atom is -0.503 e. The fourth-order valence-electron chi connectivity index (χ4n) is 1.09. The number of aromatic nitrogens is 1. The van der Waals surface area contributed by atoms with Gasteiger partial charge in [-0.3, -0.25) is 4.98 Å². The summed E-state index contributed by atoms with van der Waals surface area (Å²) in [5.74, 6) is 0.755. The van der Waals surface area contributed by atoms with E-state index in [1.54, 1.807) is 6.20 Å². The molecule has 0 saturated carbocycles. The van der Waals surface area contributed by atoms with Crippen LogP contribution in [0.3, 0.4) is 0 Å². The fraction of sp³-hybridized carbons (Fsp3) is 0.286. The zero-order valence-electron chi connectivity index (χ0n) is 5.37. The summed E-state index contributed by atoms with van der Waals surface area (Å²) in [5.41, 5.74) is 1.00. The SMILES string of the molecule is Oc1cncc2c1OCC2. The van der Waals surface area contributed by atoms with Crippen LogP contribution in [0, 0.1) is 0 Å². The van der Waals surface area contributed by atoms with E-state index in [2.05, 4.69) is 4.98 Å². The van der Waals surface area contributed by atoms with Crippen LogP contribution in [0.5, 0.6) is 11.5 Å². The lowest BCUT2D eigenvalue weighted by molar-refractivity contribution is 0.334. The summed E-state index contributed by atoms with van der Waals surface area (Å²) >= 11 is 0. The third-order valence-corrected chi connectivity index (χ3v) is 1.57. The van der Waals surface area contributed by atoms with Crippen molar-refractivity contribution in [3.05, 3.63) is 18.0 Å². The molecule has 52 valence electrons. The smallest absolute Gasteiger partial charge is 0.176 e. The quantitative estimate of drug-likeness (QED) is 0.573. The van der Waals surface area contributed by atoms with E-state index in [1.165, 1.54) is 6.20 Å². The van der Waals surface area contributed by atoms with Gasteiger partial charge in [-0.25, -0.2) is 0 Å². The number of nitrogens with zero attached hydrogens (tertiary/aromatic N) is 1. The zero-order chi connectivity index (χ0) is 6.97. The molecule has 0 atom stereocenters. The van der Waals surface area contributed by atoms with Gasteiger partial charge in [-0.15, -0.1) is 0 Å². The van der Waals surface area contributed by atoms with Gasteiger partial charge in [0.2, 0.25) is 0 Å². The van der Waals surface area contributed by atoms with E-state index in [0.29, 0.717) is 12.4 Å². The van der Waals surface area contributed by atoms with E-state index < -0.39 is 0 Å². The number of hydrogen-bond donors (Lipinski definition) is 1. The van der Waals surface area contributed by atoms with Crippen molar-refractivity contribution in [1.82, 2.24) is 4.98 Å². The molecule has 0 aliphatic carbocycles. The minimum absolute atomic E-state index is 0.148. The third kappa shape index (κ3) is 0.635. The Kier molecular flexibility index (Phi) is 1.03. The predicted molar refractivity (Wildman–Crippen MR) is 35.1 cm³/mol. The predicted octanol–water partition coefficient (Wildman–Crippen LogP) is 0.722. The highest BCUT2D eigenvalue weighted by Gasteiger charge is 2.15. The molecule has 0 unspecified atom stereocenters. The van der Waals surface area contributed by atoms with E-state index in [9.17, 15) is 0 Å². The molecule has 0 bridgehead atoms. The van der Waals surface area contributed by atoms with Crippen LogP contribution in [0.1, 0.15) is 5.56 Å². The summed E-state index contributed by atoms with van der Waals surface area (Å²) in [6.45, 7) is 0.661. The molecule has 0 fully saturated rings. The minimum atomic E-state index is 0.148. The Balaban J connectivity index is 2.59. The van der Waals surface area contributed by atoms with Gasteiger partial charge >= 0.3 is 0 Å². The van der Waals surface area contributed by atoms with Crippen molar-refractivity contribution >= 4 is 0 Å². The first-order chi connectivity index (χ1) is 4.88. The Morgan fingerprint density at radius 3 is 3.20 bits per heavy atom. The lowest BCUT2D eigenvalue weighted by atomic mass is 10.2. The van der Waals surface area contributed by atoms with Gasteiger partial charge in [-0.2, -0.15) is 0 Å². The van der Waals surface area contributed by atoms with Gasteiger partial charge in [0, 0.05) is 18.2 Å². The Morgan fingerprint density at radius 2 is 2.40 bits per heavy atom. The lowest BCUT2D eigenvalue weighted by Crippen LogP contribution is -1.86. The van der Waals surface area contributed by atoms with Gasteiger partial charge in [-0.1, -0.05) is 0 Å². The number of ether oxygens (including phenoxy) is 1. The molecule has 2 rings (SSSR count). The summed E-state index contributed by atoms with van der Waals surface area (Å²) in [7, 11) is 0. The first kappa shape index (κ1) is 5.53. The summed E-state index contributed by atoms with van der Waals surface area (Å²) in [6.07, 6.45) is 3.98. The molecule has 1 aliphatic heterocycles. The molecule has 3 nitrogen and oxygen atoms in total. The maximum Gasteiger partial charge on any atom is 0.176 e. The Morgan fingerprint density at radius 1 is 1.50 bits per heavy atom. The normalized spacial score (nSPS) is 14.4. The van der Waals surface area contributed by atoms with Crippen molar-refractivity contribution in [3.63, 3.8) is 0 Å². The average molecular weight is 137 g/mol. The molecule has 0 radical (unpaired) electrons. The molecule has 1 aliphatic rings. The van der Waals surface area contributed by atoms with Crippen molar-refractivity contribution in [3.8, 4) is 11.5 Å². The first-order valence-electron chi connectivity index (χ1n) is 3.16. The van der Waals surface area contributed by atoms with Crippen molar-refractivity contribution in [2.24, 2.45) is 0 Å². The van der Waals surface area contributed by atoms with Crippen LogP contribution >= 0.6 is 0 Å². The van der Waals surface area contributed by atoms with Crippen LogP contribution < -0.4 is 4.74 Å². The van der Waals surface area contributed by atoms with E-state index in [4.69, 9.17) is 9.84 Å². The molecule has 3 heteroatoms. The molecule has 0 spiro atoms. The van der Waals surface area contributed by atoms with Crippen LogP contribution in [-0.2, 0) is 6.42 Å². The monoisotopic (exact) mass is 137 g/mol. The summed E-state index contributed by atoms with van der Waals surface area (Å²) in [4.78, 5) is 3.83. The zero-order valence-corrected chi connectivity index (χ0v) is 5.37. The number of aromatic hydroxyl groups is 1. The van der Waals surface area contributed by atoms with Crippen LogP contribution in [0.4, 0.5) is 0 Å². The highest BCUT2D eigenvalue weighted by molar-refractivity contribution is 5.44. The highest BCUT2D eigenvalue weighted by Crippen LogP contribution is 2.32. The molecule has 10 heavy (non-hydrogen) atoms. The molecular weight excluding hydrogens is 130 g/mol. The molecule has 0 aromatic carbocycles. The second-order valence-corrected chi connectivity index (χ2v) is 2.25. The summed E-state index contributed by atoms with van der Waals surface area (Å²) < 4.78 is 5.14. The molecule has 2 heterocycles. The van der Waals surface area contributed by atoms with Gasteiger partial charge in [0.05, 0.1) is 12.8 Å². The van der Waals surface area contributed by atoms with Gasteiger partial charge in [0.15, 0.2) is 11.5 Å².